The van der Waals surface area contributed by atoms with Gasteiger partial charge in [-0.1, -0.05) is 18.2 Å². The van der Waals surface area contributed by atoms with Gasteiger partial charge in [-0.05, 0) is 89.8 Å². The van der Waals surface area contributed by atoms with Gasteiger partial charge in [0.05, 0.1) is 0 Å². The molecule has 0 aromatic carbocycles. The van der Waals surface area contributed by atoms with Crippen molar-refractivity contribution in [2.24, 2.45) is 5.92 Å². The lowest BCUT2D eigenvalue weighted by molar-refractivity contribution is 0.0855. The molecule has 0 amide bonds. The van der Waals surface area contributed by atoms with Gasteiger partial charge in [0.2, 0.25) is 0 Å². The number of nitrogens with one attached hydrogen (secondary N) is 1. The molecule has 3 rings (SSSR count). The van der Waals surface area contributed by atoms with Crippen molar-refractivity contribution >= 4 is 0 Å². The minimum Gasteiger partial charge on any atom is -0.312 e. The van der Waals surface area contributed by atoms with E-state index in [2.05, 4.69) is 40.4 Å². The Bertz CT molecular complexity index is 385. The molecule has 2 aliphatic heterocycles. The van der Waals surface area contributed by atoms with Gasteiger partial charge in [-0.2, -0.15) is 0 Å². The maximum absolute atomic E-state index is 3.68. The molecular weight excluding hydrogens is 270 g/mol. The molecule has 2 fully saturated rings. The fraction of sp³-hybridized carbons (Fsp3) is 0.789. The largest absolute Gasteiger partial charge is 0.312 e. The number of hydrogen-bond acceptors (Lipinski definition) is 3. The van der Waals surface area contributed by atoms with Gasteiger partial charge in [0.25, 0.3) is 0 Å². The Labute approximate surface area is 136 Å². The van der Waals surface area contributed by atoms with Crippen LogP contribution < -0.4 is 5.32 Å². The van der Waals surface area contributed by atoms with Crippen LogP contribution in [0.4, 0.5) is 0 Å². The molecular formula is C19H33N3. The molecule has 0 unspecified atom stereocenters. The Kier molecular flexibility index (Phi) is 6.11. The molecule has 3 heteroatoms. The second-order valence-electron chi connectivity index (χ2n) is 7.40. The number of nitrogens with zero attached hydrogens (tertiary/aromatic N) is 2. The monoisotopic (exact) mass is 303 g/mol. The van der Waals surface area contributed by atoms with Gasteiger partial charge in [-0.15, -0.1) is 0 Å². The molecule has 3 aliphatic rings. The van der Waals surface area contributed by atoms with Gasteiger partial charge in [-0.3, -0.25) is 0 Å². The van der Waals surface area contributed by atoms with Crippen LogP contribution in [0.25, 0.3) is 0 Å². The average Bonchev–Trinajstić information content (AvgIpc) is 2.57. The van der Waals surface area contributed by atoms with E-state index in [1.807, 2.05) is 0 Å². The standard InChI is InChI=1S/C19H33N3/c1-21-11-9-19(10-12-21)22-13-7-18(8-14-22)16-20-15-17-5-3-2-4-6-17/h3,5-6,18-20H,2,4,7-16H2,1H3. The molecule has 124 valence electrons. The molecule has 2 heterocycles. The Morgan fingerprint density at radius 2 is 1.82 bits per heavy atom. The number of hydrogen-bond donors (Lipinski definition) is 1. The number of rotatable bonds is 5. The topological polar surface area (TPSA) is 18.5 Å². The Balaban J connectivity index is 1.32. The van der Waals surface area contributed by atoms with Gasteiger partial charge in [0, 0.05) is 12.6 Å². The van der Waals surface area contributed by atoms with Crippen molar-refractivity contribution in [3.8, 4) is 0 Å². The highest BCUT2D eigenvalue weighted by molar-refractivity contribution is 5.23. The highest BCUT2D eigenvalue weighted by atomic mass is 15.2. The van der Waals surface area contributed by atoms with Crippen molar-refractivity contribution in [2.75, 3.05) is 46.3 Å². The van der Waals surface area contributed by atoms with Crippen LogP contribution in [-0.2, 0) is 0 Å². The first kappa shape index (κ1) is 16.2. The van der Waals surface area contributed by atoms with Crippen molar-refractivity contribution in [3.05, 3.63) is 23.8 Å². The van der Waals surface area contributed by atoms with Crippen molar-refractivity contribution in [3.63, 3.8) is 0 Å². The lowest BCUT2D eigenvalue weighted by Crippen LogP contribution is -2.47. The first-order chi connectivity index (χ1) is 10.8. The van der Waals surface area contributed by atoms with Crippen LogP contribution in [0.2, 0.25) is 0 Å². The summed E-state index contributed by atoms with van der Waals surface area (Å²) in [5, 5.41) is 3.68. The third kappa shape index (κ3) is 4.68. The zero-order chi connectivity index (χ0) is 15.2. The molecule has 0 spiro atoms. The smallest absolute Gasteiger partial charge is 0.0202 e. The van der Waals surface area contributed by atoms with E-state index in [9.17, 15) is 0 Å². The van der Waals surface area contributed by atoms with Crippen molar-refractivity contribution in [2.45, 2.75) is 44.6 Å². The number of piperidine rings is 2. The Morgan fingerprint density at radius 1 is 1.05 bits per heavy atom. The van der Waals surface area contributed by atoms with Crippen molar-refractivity contribution < 1.29 is 0 Å². The molecule has 0 bridgehead atoms. The molecule has 1 aliphatic carbocycles. The van der Waals surface area contributed by atoms with Crippen LogP contribution in [0.1, 0.15) is 38.5 Å². The third-order valence-corrected chi connectivity index (χ3v) is 5.69. The first-order valence-corrected chi connectivity index (χ1v) is 9.30. The molecule has 1 N–H and O–H groups in total. The van der Waals surface area contributed by atoms with Crippen LogP contribution in [0, 0.1) is 5.92 Å². The minimum absolute atomic E-state index is 0.864. The van der Waals surface area contributed by atoms with E-state index in [0.29, 0.717) is 0 Å². The number of allylic oxidation sites excluding steroid dienone is 2. The van der Waals surface area contributed by atoms with Crippen molar-refractivity contribution in [1.82, 2.24) is 15.1 Å². The van der Waals surface area contributed by atoms with E-state index < -0.39 is 0 Å². The van der Waals surface area contributed by atoms with Crippen molar-refractivity contribution in [1.29, 1.82) is 0 Å². The molecule has 0 saturated carbocycles. The summed E-state index contributed by atoms with van der Waals surface area (Å²) < 4.78 is 0. The van der Waals surface area contributed by atoms with Crippen LogP contribution in [0.3, 0.4) is 0 Å². The molecule has 2 saturated heterocycles. The van der Waals surface area contributed by atoms with E-state index >= 15 is 0 Å². The lowest BCUT2D eigenvalue weighted by atomic mass is 9.93. The molecule has 0 atom stereocenters. The maximum Gasteiger partial charge on any atom is 0.0202 e. The van der Waals surface area contributed by atoms with E-state index in [0.717, 1.165) is 18.5 Å². The molecule has 0 aromatic rings. The highest BCUT2D eigenvalue weighted by Crippen LogP contribution is 2.23. The Morgan fingerprint density at radius 3 is 2.50 bits per heavy atom. The van der Waals surface area contributed by atoms with Gasteiger partial charge < -0.3 is 15.1 Å². The molecule has 0 radical (unpaired) electrons. The zero-order valence-electron chi connectivity index (χ0n) is 14.3. The summed E-state index contributed by atoms with van der Waals surface area (Å²) in [6.07, 6.45) is 14.9. The number of likely N-dealkylation sites (tertiary alicyclic amines) is 2. The van der Waals surface area contributed by atoms with Crippen LogP contribution >= 0.6 is 0 Å². The van der Waals surface area contributed by atoms with E-state index in [1.165, 1.54) is 76.8 Å². The summed E-state index contributed by atoms with van der Waals surface area (Å²) >= 11 is 0. The lowest BCUT2D eigenvalue weighted by Gasteiger charge is -2.41. The minimum atomic E-state index is 0.864. The zero-order valence-corrected chi connectivity index (χ0v) is 14.3. The normalized spacial score (nSPS) is 26.3. The van der Waals surface area contributed by atoms with Crippen LogP contribution in [0.5, 0.6) is 0 Å². The second kappa shape index (κ2) is 8.28. The van der Waals surface area contributed by atoms with Gasteiger partial charge in [0.1, 0.15) is 0 Å². The summed E-state index contributed by atoms with van der Waals surface area (Å²) in [5.41, 5.74) is 1.48. The molecule has 0 aromatic heterocycles. The average molecular weight is 303 g/mol. The fourth-order valence-electron chi connectivity index (χ4n) is 4.10. The van der Waals surface area contributed by atoms with E-state index in [4.69, 9.17) is 0 Å². The SMILES string of the molecule is CN1CCC(N2CCC(CNCC3=CCCC=C3)CC2)CC1. The van der Waals surface area contributed by atoms with Gasteiger partial charge >= 0.3 is 0 Å². The van der Waals surface area contributed by atoms with Crippen LogP contribution in [0.15, 0.2) is 23.8 Å². The predicted octanol–water partition coefficient (Wildman–Crippen LogP) is 2.66. The van der Waals surface area contributed by atoms with Crippen LogP contribution in [-0.4, -0.2) is 62.2 Å². The summed E-state index contributed by atoms with van der Waals surface area (Å²) in [5.74, 6) is 0.885. The fourth-order valence-corrected chi connectivity index (χ4v) is 4.10. The maximum atomic E-state index is 3.68. The van der Waals surface area contributed by atoms with E-state index in [-0.39, 0.29) is 0 Å². The first-order valence-electron chi connectivity index (χ1n) is 9.30. The highest BCUT2D eigenvalue weighted by Gasteiger charge is 2.27. The molecule has 22 heavy (non-hydrogen) atoms. The van der Waals surface area contributed by atoms with Gasteiger partial charge in [0.15, 0.2) is 0 Å². The molecule has 3 nitrogen and oxygen atoms in total. The summed E-state index contributed by atoms with van der Waals surface area (Å²) in [4.78, 5) is 5.25. The summed E-state index contributed by atoms with van der Waals surface area (Å²) in [6.45, 7) is 7.48. The Hall–Kier alpha value is -0.640. The summed E-state index contributed by atoms with van der Waals surface area (Å²) in [7, 11) is 2.26. The predicted molar refractivity (Wildman–Crippen MR) is 94.1 cm³/mol. The third-order valence-electron chi connectivity index (χ3n) is 5.69. The second-order valence-corrected chi connectivity index (χ2v) is 7.40. The van der Waals surface area contributed by atoms with E-state index in [1.54, 1.807) is 0 Å². The van der Waals surface area contributed by atoms with Gasteiger partial charge in [-0.25, -0.2) is 0 Å². The summed E-state index contributed by atoms with van der Waals surface area (Å²) in [6, 6.07) is 0.864. The quantitative estimate of drug-likeness (QED) is 0.842.